The number of nitrogens with one attached hydrogen (secondary N) is 1. The number of carbonyl (C=O) groups excluding carboxylic acids is 1. The van der Waals surface area contributed by atoms with E-state index in [1.807, 2.05) is 6.08 Å². The summed E-state index contributed by atoms with van der Waals surface area (Å²) in [5, 5.41) is 22.9. The molecule has 244 valence electrons. The molecule has 0 aliphatic heterocycles. The highest BCUT2D eigenvalue weighted by molar-refractivity contribution is 5.76. The number of rotatable bonds is 33. The van der Waals surface area contributed by atoms with Gasteiger partial charge in [0.2, 0.25) is 5.91 Å². The van der Waals surface area contributed by atoms with Crippen molar-refractivity contribution in [3.8, 4) is 0 Å². The minimum Gasteiger partial charge on any atom is -0.394 e. The topological polar surface area (TPSA) is 69.6 Å². The van der Waals surface area contributed by atoms with E-state index in [-0.39, 0.29) is 12.5 Å². The minimum atomic E-state index is -0.831. The molecule has 0 aromatic carbocycles. The van der Waals surface area contributed by atoms with E-state index in [0.29, 0.717) is 6.42 Å². The molecule has 0 spiro atoms. The van der Waals surface area contributed by atoms with Crippen molar-refractivity contribution in [2.75, 3.05) is 6.61 Å². The quantitative estimate of drug-likeness (QED) is 0.0535. The van der Waals surface area contributed by atoms with Crippen molar-refractivity contribution < 1.29 is 15.0 Å². The SMILES string of the molecule is CCCCCCCCCCCC/C=C/[C@@H](O)[C@H](CO)NC(=O)CCCCCCCCCCCCCCCCCCC. The summed E-state index contributed by atoms with van der Waals surface area (Å²) >= 11 is 0. The highest BCUT2D eigenvalue weighted by Gasteiger charge is 2.17. The van der Waals surface area contributed by atoms with E-state index < -0.39 is 12.1 Å². The Morgan fingerprint density at radius 2 is 0.902 bits per heavy atom. The number of carbonyl (C=O) groups is 1. The molecule has 2 atom stereocenters. The monoisotopic (exact) mass is 580 g/mol. The molecule has 4 nitrogen and oxygen atoms in total. The molecule has 0 aliphatic carbocycles. The average molecular weight is 580 g/mol. The lowest BCUT2D eigenvalue weighted by Gasteiger charge is -2.20. The van der Waals surface area contributed by atoms with Gasteiger partial charge in [-0.3, -0.25) is 4.79 Å². The number of aliphatic hydroxyl groups excluding tert-OH is 2. The maximum atomic E-state index is 12.3. The minimum absolute atomic E-state index is 0.0628. The molecule has 0 saturated heterocycles. The number of aliphatic hydroxyl groups is 2. The molecule has 0 saturated carbocycles. The van der Waals surface area contributed by atoms with Crippen LogP contribution in [0.1, 0.15) is 200 Å². The summed E-state index contributed by atoms with van der Waals surface area (Å²) in [6.07, 6.45) is 40.1. The number of amides is 1. The van der Waals surface area contributed by atoms with Gasteiger partial charge in [-0.05, 0) is 19.3 Å². The van der Waals surface area contributed by atoms with Crippen LogP contribution in [-0.2, 0) is 4.79 Å². The highest BCUT2D eigenvalue weighted by Crippen LogP contribution is 2.15. The van der Waals surface area contributed by atoms with Crippen LogP contribution in [0.15, 0.2) is 12.2 Å². The second-order valence-corrected chi connectivity index (χ2v) is 12.7. The van der Waals surface area contributed by atoms with E-state index in [0.717, 1.165) is 25.7 Å². The van der Waals surface area contributed by atoms with Gasteiger partial charge < -0.3 is 15.5 Å². The molecule has 0 aromatic rings. The van der Waals surface area contributed by atoms with Gasteiger partial charge in [-0.25, -0.2) is 0 Å². The first-order valence-corrected chi connectivity index (χ1v) is 18.4. The van der Waals surface area contributed by atoms with Gasteiger partial charge in [0.1, 0.15) is 0 Å². The van der Waals surface area contributed by atoms with Crippen molar-refractivity contribution in [2.24, 2.45) is 0 Å². The molecular weight excluding hydrogens is 506 g/mol. The predicted octanol–water partition coefficient (Wildman–Crippen LogP) is 10.7. The average Bonchev–Trinajstić information content (AvgIpc) is 2.97. The molecule has 4 heteroatoms. The van der Waals surface area contributed by atoms with Gasteiger partial charge in [-0.1, -0.05) is 187 Å². The van der Waals surface area contributed by atoms with Crippen LogP contribution in [0.4, 0.5) is 0 Å². The summed E-state index contributed by atoms with van der Waals surface area (Å²) in [4.78, 5) is 12.3. The highest BCUT2D eigenvalue weighted by atomic mass is 16.3. The Morgan fingerprint density at radius 3 is 1.27 bits per heavy atom. The van der Waals surface area contributed by atoms with Crippen LogP contribution in [-0.4, -0.2) is 34.9 Å². The normalized spacial score (nSPS) is 13.2. The third-order valence-electron chi connectivity index (χ3n) is 8.52. The van der Waals surface area contributed by atoms with Crippen molar-refractivity contribution in [1.29, 1.82) is 0 Å². The Morgan fingerprint density at radius 1 is 0.561 bits per heavy atom. The van der Waals surface area contributed by atoms with Gasteiger partial charge in [0.15, 0.2) is 0 Å². The van der Waals surface area contributed by atoms with E-state index in [4.69, 9.17) is 0 Å². The molecule has 1 amide bonds. The lowest BCUT2D eigenvalue weighted by Crippen LogP contribution is -2.45. The molecular formula is C37H73NO3. The van der Waals surface area contributed by atoms with Crippen LogP contribution in [0.5, 0.6) is 0 Å². The van der Waals surface area contributed by atoms with E-state index in [1.54, 1.807) is 6.08 Å². The van der Waals surface area contributed by atoms with Crippen molar-refractivity contribution in [3.05, 3.63) is 12.2 Å². The smallest absolute Gasteiger partial charge is 0.220 e. The molecule has 0 rings (SSSR count). The summed E-state index contributed by atoms with van der Waals surface area (Å²) in [6.45, 7) is 4.30. The van der Waals surface area contributed by atoms with Gasteiger partial charge in [0.05, 0.1) is 18.8 Å². The van der Waals surface area contributed by atoms with E-state index in [1.165, 1.54) is 154 Å². The van der Waals surface area contributed by atoms with E-state index >= 15 is 0 Å². The Balaban J connectivity index is 3.57. The van der Waals surface area contributed by atoms with Crippen molar-refractivity contribution in [2.45, 2.75) is 212 Å². The van der Waals surface area contributed by atoms with Crippen LogP contribution in [0.2, 0.25) is 0 Å². The van der Waals surface area contributed by atoms with Crippen LogP contribution in [0, 0.1) is 0 Å². The van der Waals surface area contributed by atoms with Crippen molar-refractivity contribution in [3.63, 3.8) is 0 Å². The molecule has 0 aromatic heterocycles. The van der Waals surface area contributed by atoms with E-state index in [2.05, 4.69) is 19.2 Å². The van der Waals surface area contributed by atoms with Crippen LogP contribution in [0.3, 0.4) is 0 Å². The molecule has 0 bridgehead atoms. The van der Waals surface area contributed by atoms with Crippen LogP contribution in [0.25, 0.3) is 0 Å². The molecule has 3 N–H and O–H groups in total. The van der Waals surface area contributed by atoms with Crippen LogP contribution >= 0.6 is 0 Å². The first-order chi connectivity index (χ1) is 20.2. The maximum absolute atomic E-state index is 12.3. The molecule has 0 unspecified atom stereocenters. The third-order valence-corrected chi connectivity index (χ3v) is 8.52. The van der Waals surface area contributed by atoms with Crippen molar-refractivity contribution >= 4 is 5.91 Å². The van der Waals surface area contributed by atoms with Crippen LogP contribution < -0.4 is 5.32 Å². The molecule has 0 radical (unpaired) electrons. The molecule has 0 aliphatic rings. The van der Waals surface area contributed by atoms with Gasteiger partial charge >= 0.3 is 0 Å². The summed E-state index contributed by atoms with van der Waals surface area (Å²) in [7, 11) is 0. The Kier molecular flexibility index (Phi) is 32.9. The second kappa shape index (κ2) is 33.6. The molecule has 41 heavy (non-hydrogen) atoms. The van der Waals surface area contributed by atoms with E-state index in [9.17, 15) is 15.0 Å². The number of unbranched alkanes of at least 4 members (excludes halogenated alkanes) is 26. The molecule has 0 heterocycles. The van der Waals surface area contributed by atoms with Gasteiger partial charge in [-0.15, -0.1) is 0 Å². The Labute approximate surface area is 256 Å². The maximum Gasteiger partial charge on any atom is 0.220 e. The Hall–Kier alpha value is -0.870. The summed E-state index contributed by atoms with van der Waals surface area (Å²) in [5.41, 5.74) is 0. The fourth-order valence-electron chi connectivity index (χ4n) is 5.65. The third kappa shape index (κ3) is 30.4. The van der Waals surface area contributed by atoms with Gasteiger partial charge in [0, 0.05) is 6.42 Å². The summed E-state index contributed by atoms with van der Waals surface area (Å²) in [6, 6.07) is -0.614. The lowest BCUT2D eigenvalue weighted by molar-refractivity contribution is -0.123. The Bertz CT molecular complexity index is 550. The second-order valence-electron chi connectivity index (χ2n) is 12.7. The lowest BCUT2D eigenvalue weighted by atomic mass is 10.0. The largest absolute Gasteiger partial charge is 0.394 e. The van der Waals surface area contributed by atoms with Crippen molar-refractivity contribution in [1.82, 2.24) is 5.32 Å². The van der Waals surface area contributed by atoms with Gasteiger partial charge in [-0.2, -0.15) is 0 Å². The van der Waals surface area contributed by atoms with Gasteiger partial charge in [0.25, 0.3) is 0 Å². The number of hydrogen-bond donors (Lipinski definition) is 3. The zero-order chi connectivity index (χ0) is 30.1. The molecule has 0 fully saturated rings. The zero-order valence-corrected chi connectivity index (χ0v) is 27.8. The first-order valence-electron chi connectivity index (χ1n) is 18.4. The summed E-state index contributed by atoms with van der Waals surface area (Å²) in [5.74, 6) is -0.0628. The predicted molar refractivity (Wildman–Crippen MR) is 179 cm³/mol. The number of allylic oxidation sites excluding steroid dienone is 1. The zero-order valence-electron chi connectivity index (χ0n) is 27.8. The fourth-order valence-corrected chi connectivity index (χ4v) is 5.65. The summed E-state index contributed by atoms with van der Waals surface area (Å²) < 4.78 is 0. The number of hydrogen-bond acceptors (Lipinski definition) is 3. The first kappa shape index (κ1) is 40.1. The standard InChI is InChI=1S/C37H73NO3/c1-3-5-7-9-11-13-15-17-18-19-20-21-23-25-27-29-31-33-37(41)38-35(34-39)36(40)32-30-28-26-24-22-16-14-12-10-8-6-4-2/h30,32,35-36,39-40H,3-29,31,33-34H2,1-2H3,(H,38,41)/b32-30+/t35-,36+/m0/s1. The fraction of sp³-hybridized carbons (Fsp3) is 0.919.